The predicted octanol–water partition coefficient (Wildman–Crippen LogP) is 2.82. The quantitative estimate of drug-likeness (QED) is 0.715. The lowest BCUT2D eigenvalue weighted by atomic mass is 9.74. The van der Waals surface area contributed by atoms with Gasteiger partial charge in [-0.3, -0.25) is 14.6 Å². The lowest BCUT2D eigenvalue weighted by Crippen LogP contribution is -2.40. The highest BCUT2D eigenvalue weighted by atomic mass is 16.2. The van der Waals surface area contributed by atoms with Crippen molar-refractivity contribution in [2.45, 2.75) is 20.3 Å². The molecule has 0 fully saturated rings. The van der Waals surface area contributed by atoms with Crippen molar-refractivity contribution < 1.29 is 9.59 Å². The minimum atomic E-state index is -0.557. The summed E-state index contributed by atoms with van der Waals surface area (Å²) in [5.41, 5.74) is 4.88. The first-order valence-electron chi connectivity index (χ1n) is 8.93. The average molecular weight is 373 g/mol. The van der Waals surface area contributed by atoms with E-state index in [9.17, 15) is 9.59 Å². The van der Waals surface area contributed by atoms with E-state index in [1.54, 1.807) is 29.2 Å². The molecule has 0 spiro atoms. The van der Waals surface area contributed by atoms with Crippen molar-refractivity contribution in [2.24, 2.45) is 10.5 Å². The van der Waals surface area contributed by atoms with Crippen LogP contribution in [-0.4, -0.2) is 32.2 Å². The predicted molar refractivity (Wildman–Crippen MR) is 105 cm³/mol. The molecule has 2 aromatic heterocycles. The van der Waals surface area contributed by atoms with E-state index < -0.39 is 11.3 Å². The van der Waals surface area contributed by atoms with Crippen LogP contribution in [0.3, 0.4) is 0 Å². The largest absolute Gasteiger partial charge is 0.287 e. The number of carbonyl (C=O) groups excluding carboxylic acids is 2. The van der Waals surface area contributed by atoms with Gasteiger partial charge in [0.15, 0.2) is 0 Å². The number of amides is 1. The molecule has 140 valence electrons. The van der Waals surface area contributed by atoms with Gasteiger partial charge in [-0.25, -0.2) is 10.1 Å². The molecule has 1 N–H and O–H groups in total. The van der Waals surface area contributed by atoms with Gasteiger partial charge in [0.2, 0.25) is 5.78 Å². The first kappa shape index (κ1) is 17.8. The van der Waals surface area contributed by atoms with Gasteiger partial charge in [0, 0.05) is 24.2 Å². The molecule has 7 nitrogen and oxygen atoms in total. The van der Waals surface area contributed by atoms with Crippen molar-refractivity contribution in [3.8, 4) is 5.69 Å². The van der Waals surface area contributed by atoms with Crippen LogP contribution in [0.4, 0.5) is 0 Å². The fourth-order valence-corrected chi connectivity index (χ4v) is 3.33. The Morgan fingerprint density at radius 1 is 1.14 bits per heavy atom. The molecule has 1 aliphatic carbocycles. The van der Waals surface area contributed by atoms with Gasteiger partial charge in [-0.15, -0.1) is 0 Å². The zero-order valence-electron chi connectivity index (χ0n) is 15.6. The summed E-state index contributed by atoms with van der Waals surface area (Å²) in [6.45, 7) is 3.87. The second-order valence-corrected chi connectivity index (χ2v) is 7.29. The minimum absolute atomic E-state index is 0.222. The van der Waals surface area contributed by atoms with Gasteiger partial charge >= 0.3 is 0 Å². The van der Waals surface area contributed by atoms with Crippen molar-refractivity contribution in [3.05, 3.63) is 77.9 Å². The summed E-state index contributed by atoms with van der Waals surface area (Å²) in [5.74, 6) is -0.630. The lowest BCUT2D eigenvalue weighted by Gasteiger charge is -2.30. The van der Waals surface area contributed by atoms with Crippen LogP contribution in [0.5, 0.6) is 0 Å². The normalized spacial score (nSPS) is 16.6. The highest BCUT2D eigenvalue weighted by Crippen LogP contribution is 2.34. The molecule has 0 saturated heterocycles. The van der Waals surface area contributed by atoms with E-state index in [0.717, 1.165) is 11.4 Å². The van der Waals surface area contributed by atoms with Crippen LogP contribution >= 0.6 is 0 Å². The summed E-state index contributed by atoms with van der Waals surface area (Å²) in [4.78, 5) is 29.3. The number of rotatable bonds is 3. The number of hydrogen-bond donors (Lipinski definition) is 1. The zero-order chi connectivity index (χ0) is 19.7. The van der Waals surface area contributed by atoms with Crippen LogP contribution in [0.15, 0.2) is 66.2 Å². The number of aromatic nitrogens is 3. The standard InChI is InChI=1S/C21H19N5O2/c1-21(2)11-17-16(13-23-26(17)15-8-4-3-5-9-15)18(27)19(21)24-25-20(28)14-7-6-10-22-12-14/h3-10,12-13H,11H2,1-2H3,(H,25,28). The summed E-state index contributed by atoms with van der Waals surface area (Å²) < 4.78 is 1.79. The number of ketones is 1. The van der Waals surface area contributed by atoms with E-state index in [4.69, 9.17) is 0 Å². The SMILES string of the molecule is CC1(C)Cc2c(cnn2-c2ccccc2)C(=O)C1=NNC(=O)c1cccnc1. The molecular formula is C21H19N5O2. The number of pyridine rings is 1. The molecule has 1 aliphatic rings. The van der Waals surface area contributed by atoms with Crippen molar-refractivity contribution >= 4 is 17.4 Å². The fraction of sp³-hybridized carbons (Fsp3) is 0.190. The van der Waals surface area contributed by atoms with Crippen LogP contribution in [0.25, 0.3) is 5.69 Å². The highest BCUT2D eigenvalue weighted by molar-refractivity contribution is 6.48. The van der Waals surface area contributed by atoms with E-state index in [1.807, 2.05) is 44.2 Å². The summed E-state index contributed by atoms with van der Waals surface area (Å²) in [6.07, 6.45) is 5.18. The smallest absolute Gasteiger partial charge is 0.272 e. The Bertz CT molecular complexity index is 1070. The number of fused-ring (bicyclic) bond motifs is 1. The first-order valence-corrected chi connectivity index (χ1v) is 8.93. The van der Waals surface area contributed by atoms with Gasteiger partial charge in [0.1, 0.15) is 5.71 Å². The Hall–Kier alpha value is -3.61. The third-order valence-corrected chi connectivity index (χ3v) is 4.77. The van der Waals surface area contributed by atoms with Crippen molar-refractivity contribution in [3.63, 3.8) is 0 Å². The molecule has 28 heavy (non-hydrogen) atoms. The van der Waals surface area contributed by atoms with Crippen molar-refractivity contribution in [2.75, 3.05) is 0 Å². The molecule has 0 aliphatic heterocycles. The summed E-state index contributed by atoms with van der Waals surface area (Å²) in [5, 5.41) is 8.58. The van der Waals surface area contributed by atoms with Crippen LogP contribution in [-0.2, 0) is 6.42 Å². The topological polar surface area (TPSA) is 89.2 Å². The number of nitrogens with one attached hydrogen (secondary N) is 1. The Balaban J connectivity index is 1.66. The van der Waals surface area contributed by atoms with Crippen molar-refractivity contribution in [1.29, 1.82) is 0 Å². The summed E-state index contributed by atoms with van der Waals surface area (Å²) >= 11 is 0. The van der Waals surface area contributed by atoms with E-state index in [2.05, 4.69) is 20.6 Å². The third-order valence-electron chi connectivity index (χ3n) is 4.77. The lowest BCUT2D eigenvalue weighted by molar-refractivity contribution is 0.0953. The maximum atomic E-state index is 13.1. The Morgan fingerprint density at radius 3 is 2.64 bits per heavy atom. The Kier molecular flexibility index (Phi) is 4.35. The maximum Gasteiger partial charge on any atom is 0.272 e. The maximum absolute atomic E-state index is 13.1. The molecule has 0 radical (unpaired) electrons. The molecular weight excluding hydrogens is 354 g/mol. The first-order chi connectivity index (χ1) is 13.5. The fourth-order valence-electron chi connectivity index (χ4n) is 3.33. The van der Waals surface area contributed by atoms with Crippen LogP contribution < -0.4 is 5.43 Å². The van der Waals surface area contributed by atoms with E-state index in [1.165, 1.54) is 6.20 Å². The van der Waals surface area contributed by atoms with Crippen LogP contribution in [0, 0.1) is 5.41 Å². The van der Waals surface area contributed by atoms with E-state index in [0.29, 0.717) is 23.3 Å². The average Bonchev–Trinajstić information content (AvgIpc) is 3.11. The summed E-state index contributed by atoms with van der Waals surface area (Å²) in [6, 6.07) is 13.0. The van der Waals surface area contributed by atoms with E-state index in [-0.39, 0.29) is 5.78 Å². The van der Waals surface area contributed by atoms with Gasteiger partial charge in [0.25, 0.3) is 5.91 Å². The zero-order valence-corrected chi connectivity index (χ0v) is 15.6. The summed E-state index contributed by atoms with van der Waals surface area (Å²) in [7, 11) is 0. The second kappa shape index (κ2) is 6.84. The number of nitrogens with zero attached hydrogens (tertiary/aromatic N) is 4. The van der Waals surface area contributed by atoms with Gasteiger partial charge < -0.3 is 0 Å². The molecule has 3 aromatic rings. The molecule has 2 heterocycles. The highest BCUT2D eigenvalue weighted by Gasteiger charge is 2.40. The molecule has 0 saturated carbocycles. The molecule has 1 amide bonds. The number of para-hydroxylation sites is 1. The van der Waals surface area contributed by atoms with E-state index >= 15 is 0 Å². The second-order valence-electron chi connectivity index (χ2n) is 7.29. The Labute approximate surface area is 162 Å². The molecule has 1 aromatic carbocycles. The number of benzene rings is 1. The molecule has 0 unspecified atom stereocenters. The Morgan fingerprint density at radius 2 is 1.93 bits per heavy atom. The van der Waals surface area contributed by atoms with Crippen LogP contribution in [0.2, 0.25) is 0 Å². The number of carbonyl (C=O) groups is 2. The number of Topliss-reactive ketones (excluding diaryl/α,β-unsaturated/α-hetero) is 1. The molecule has 0 atom stereocenters. The molecule has 4 rings (SSSR count). The molecule has 0 bridgehead atoms. The monoisotopic (exact) mass is 373 g/mol. The number of hydrazone groups is 1. The van der Waals surface area contributed by atoms with Crippen LogP contribution in [0.1, 0.15) is 40.3 Å². The van der Waals surface area contributed by atoms with Gasteiger partial charge in [-0.1, -0.05) is 32.0 Å². The van der Waals surface area contributed by atoms with Crippen molar-refractivity contribution in [1.82, 2.24) is 20.2 Å². The number of hydrogen-bond acceptors (Lipinski definition) is 5. The minimum Gasteiger partial charge on any atom is -0.287 e. The molecule has 7 heteroatoms. The van der Waals surface area contributed by atoms with Gasteiger partial charge in [-0.05, 0) is 24.3 Å². The van der Waals surface area contributed by atoms with Gasteiger partial charge in [0.05, 0.1) is 28.7 Å². The van der Waals surface area contributed by atoms with Gasteiger partial charge in [-0.2, -0.15) is 10.2 Å². The third kappa shape index (κ3) is 3.11.